The van der Waals surface area contributed by atoms with Crippen molar-refractivity contribution >= 4 is 23.8 Å². The van der Waals surface area contributed by atoms with Crippen molar-refractivity contribution in [2.75, 3.05) is 13.2 Å². The number of benzene rings is 1. The first-order valence-corrected chi connectivity index (χ1v) is 10.6. The molecule has 0 aromatic heterocycles. The average Bonchev–Trinajstić information content (AvgIpc) is 2.97. The molecule has 1 saturated heterocycles. The number of amides is 4. The van der Waals surface area contributed by atoms with Crippen LogP contribution in [0.2, 0.25) is 0 Å². The number of hydrogen-bond acceptors (Lipinski definition) is 6. The second-order valence-electron chi connectivity index (χ2n) is 8.68. The summed E-state index contributed by atoms with van der Waals surface area (Å²) in [5.74, 6) is -0.600. The average molecular weight is 431 g/mol. The first kappa shape index (κ1) is 22.6. The molecular formula is C22H29N3O6. The molecule has 9 nitrogen and oxygen atoms in total. The van der Waals surface area contributed by atoms with Crippen LogP contribution in [0.1, 0.15) is 56.8 Å². The molecule has 1 heterocycles. The van der Waals surface area contributed by atoms with E-state index in [1.54, 1.807) is 18.2 Å². The third-order valence-electron chi connectivity index (χ3n) is 5.51. The molecule has 1 spiro atoms. The Morgan fingerprint density at radius 1 is 1.26 bits per heavy atom. The summed E-state index contributed by atoms with van der Waals surface area (Å²) in [6.45, 7) is 6.01. The number of nitrogens with one attached hydrogen (secondary N) is 2. The van der Waals surface area contributed by atoms with E-state index in [2.05, 4.69) is 17.7 Å². The van der Waals surface area contributed by atoms with Crippen molar-refractivity contribution in [3.05, 3.63) is 29.8 Å². The summed E-state index contributed by atoms with van der Waals surface area (Å²) >= 11 is 0. The molecule has 1 saturated carbocycles. The molecule has 0 radical (unpaired) electrons. The lowest BCUT2D eigenvalue weighted by Crippen LogP contribution is -2.52. The third kappa shape index (κ3) is 5.34. The molecule has 0 bridgehead atoms. The van der Waals surface area contributed by atoms with E-state index >= 15 is 0 Å². The van der Waals surface area contributed by atoms with Gasteiger partial charge in [-0.25, -0.2) is 9.59 Å². The maximum Gasteiger partial charge on any atom is 0.344 e. The van der Waals surface area contributed by atoms with Crippen LogP contribution in [0, 0.1) is 11.8 Å². The maximum atomic E-state index is 12.7. The molecule has 0 unspecified atom stereocenters. The van der Waals surface area contributed by atoms with Crippen LogP contribution in [0.4, 0.5) is 4.79 Å². The van der Waals surface area contributed by atoms with Gasteiger partial charge in [0.15, 0.2) is 6.61 Å². The number of nitrogens with zero attached hydrogens (tertiary/aromatic N) is 1. The molecule has 4 amide bonds. The molecule has 3 rings (SSSR count). The lowest BCUT2D eigenvalue weighted by atomic mass is 9.77. The van der Waals surface area contributed by atoms with Crippen molar-refractivity contribution in [3.8, 4) is 5.75 Å². The first-order valence-electron chi connectivity index (χ1n) is 10.6. The molecule has 2 fully saturated rings. The highest BCUT2D eigenvalue weighted by Gasteiger charge is 2.52. The van der Waals surface area contributed by atoms with Gasteiger partial charge in [-0.1, -0.05) is 26.8 Å². The van der Waals surface area contributed by atoms with E-state index < -0.39 is 36.0 Å². The van der Waals surface area contributed by atoms with Crippen molar-refractivity contribution in [2.24, 2.45) is 11.8 Å². The minimum Gasteiger partial charge on any atom is -0.493 e. The number of hydrogen-bond donors (Lipinski definition) is 2. The van der Waals surface area contributed by atoms with Gasteiger partial charge in [-0.15, -0.1) is 0 Å². The fraction of sp³-hybridized carbons (Fsp3) is 0.545. The second-order valence-corrected chi connectivity index (χ2v) is 8.68. The highest BCUT2D eigenvalue weighted by atomic mass is 16.5. The van der Waals surface area contributed by atoms with E-state index in [0.29, 0.717) is 42.0 Å². The van der Waals surface area contributed by atoms with Crippen LogP contribution in [0.15, 0.2) is 24.3 Å². The Labute approximate surface area is 181 Å². The fourth-order valence-corrected chi connectivity index (χ4v) is 3.66. The second kappa shape index (κ2) is 9.36. The molecule has 1 aromatic carbocycles. The van der Waals surface area contributed by atoms with Crippen LogP contribution in [-0.4, -0.2) is 47.6 Å². The van der Waals surface area contributed by atoms with Crippen LogP contribution in [0.3, 0.4) is 0 Å². The lowest BCUT2D eigenvalue weighted by Gasteiger charge is -2.33. The molecule has 1 aliphatic heterocycles. The van der Waals surface area contributed by atoms with E-state index in [1.807, 2.05) is 13.8 Å². The van der Waals surface area contributed by atoms with Gasteiger partial charge >= 0.3 is 12.0 Å². The predicted molar refractivity (Wildman–Crippen MR) is 111 cm³/mol. The zero-order chi connectivity index (χ0) is 22.6. The topological polar surface area (TPSA) is 114 Å². The number of esters is 1. The third-order valence-corrected chi connectivity index (χ3v) is 5.51. The number of rotatable bonds is 7. The molecule has 1 aliphatic carbocycles. The van der Waals surface area contributed by atoms with Crippen LogP contribution in [0.25, 0.3) is 0 Å². The number of ether oxygens (including phenoxy) is 2. The van der Waals surface area contributed by atoms with Gasteiger partial charge in [-0.2, -0.15) is 5.01 Å². The SMILES string of the molecule is CC(C)COc1cccc(C(=O)OCC(=O)NN2C(=O)NC3(CCC(C)CC3)C2=O)c1. The fourth-order valence-electron chi connectivity index (χ4n) is 3.66. The molecule has 2 aliphatic rings. The van der Waals surface area contributed by atoms with E-state index in [-0.39, 0.29) is 5.56 Å². The Morgan fingerprint density at radius 2 is 1.97 bits per heavy atom. The first-order chi connectivity index (χ1) is 14.7. The molecule has 1 aromatic rings. The van der Waals surface area contributed by atoms with E-state index in [9.17, 15) is 19.2 Å². The van der Waals surface area contributed by atoms with E-state index in [1.165, 1.54) is 6.07 Å². The van der Waals surface area contributed by atoms with Gasteiger partial charge in [-0.3, -0.25) is 15.0 Å². The highest BCUT2D eigenvalue weighted by Crippen LogP contribution is 2.35. The predicted octanol–water partition coefficient (Wildman–Crippen LogP) is 2.41. The standard InChI is InChI=1S/C22H29N3O6/c1-14(2)12-30-17-6-4-5-16(11-17)19(27)31-13-18(26)24-25-20(28)22(23-21(25)29)9-7-15(3)8-10-22/h4-6,11,14-15H,7-10,12-13H2,1-3H3,(H,23,29)(H,24,26). The zero-order valence-electron chi connectivity index (χ0n) is 18.1. The van der Waals surface area contributed by atoms with Crippen molar-refractivity contribution in [1.29, 1.82) is 0 Å². The van der Waals surface area contributed by atoms with Crippen LogP contribution in [0.5, 0.6) is 5.75 Å². The van der Waals surface area contributed by atoms with Gasteiger partial charge < -0.3 is 14.8 Å². The highest BCUT2D eigenvalue weighted by molar-refractivity contribution is 6.08. The summed E-state index contributed by atoms with van der Waals surface area (Å²) in [7, 11) is 0. The van der Waals surface area contributed by atoms with Crippen molar-refractivity contribution in [2.45, 2.75) is 52.0 Å². The van der Waals surface area contributed by atoms with Gasteiger partial charge in [0.2, 0.25) is 0 Å². The van der Waals surface area contributed by atoms with Gasteiger partial charge in [0.1, 0.15) is 11.3 Å². The molecule has 31 heavy (non-hydrogen) atoms. The van der Waals surface area contributed by atoms with Crippen molar-refractivity contribution in [1.82, 2.24) is 15.8 Å². The Hall–Kier alpha value is -3.10. The lowest BCUT2D eigenvalue weighted by molar-refractivity contribution is -0.141. The minimum atomic E-state index is -0.954. The summed E-state index contributed by atoms with van der Waals surface area (Å²) < 4.78 is 10.6. The maximum absolute atomic E-state index is 12.7. The monoisotopic (exact) mass is 431 g/mol. The zero-order valence-corrected chi connectivity index (χ0v) is 18.1. The largest absolute Gasteiger partial charge is 0.493 e. The van der Waals surface area contributed by atoms with Gasteiger partial charge in [-0.05, 0) is 55.7 Å². The molecule has 168 valence electrons. The summed E-state index contributed by atoms with van der Waals surface area (Å²) in [6, 6.07) is 5.80. The smallest absolute Gasteiger partial charge is 0.344 e. The summed E-state index contributed by atoms with van der Waals surface area (Å²) in [4.78, 5) is 49.5. The van der Waals surface area contributed by atoms with E-state index in [4.69, 9.17) is 9.47 Å². The van der Waals surface area contributed by atoms with Crippen molar-refractivity contribution < 1.29 is 28.7 Å². The Kier molecular flexibility index (Phi) is 6.82. The van der Waals surface area contributed by atoms with Gasteiger partial charge in [0.25, 0.3) is 11.8 Å². The number of carbonyl (C=O) groups is 4. The molecule has 2 N–H and O–H groups in total. The summed E-state index contributed by atoms with van der Waals surface area (Å²) in [5.41, 5.74) is 1.52. The molecular weight excluding hydrogens is 402 g/mol. The number of urea groups is 1. The normalized spacial score (nSPS) is 23.1. The van der Waals surface area contributed by atoms with Gasteiger partial charge in [0.05, 0.1) is 12.2 Å². The molecule has 9 heteroatoms. The summed E-state index contributed by atoms with van der Waals surface area (Å²) in [5, 5.41) is 3.40. The number of hydrazine groups is 1. The van der Waals surface area contributed by atoms with Crippen LogP contribution < -0.4 is 15.5 Å². The van der Waals surface area contributed by atoms with Crippen LogP contribution >= 0.6 is 0 Å². The van der Waals surface area contributed by atoms with Crippen molar-refractivity contribution in [3.63, 3.8) is 0 Å². The van der Waals surface area contributed by atoms with E-state index in [0.717, 1.165) is 12.8 Å². The Morgan fingerprint density at radius 3 is 2.65 bits per heavy atom. The number of carbonyl (C=O) groups excluding carboxylic acids is 4. The summed E-state index contributed by atoms with van der Waals surface area (Å²) in [6.07, 6.45) is 2.72. The van der Waals surface area contributed by atoms with Gasteiger partial charge in [0, 0.05) is 0 Å². The Balaban J connectivity index is 1.52. The number of imide groups is 1. The minimum absolute atomic E-state index is 0.235. The molecule has 0 atom stereocenters. The van der Waals surface area contributed by atoms with Crippen LogP contribution in [-0.2, 0) is 14.3 Å². The Bertz CT molecular complexity index is 861. The quantitative estimate of drug-likeness (QED) is 0.506.